The molecule has 0 heterocycles. The average Bonchev–Trinajstić information content (AvgIpc) is 1.95. The van der Waals surface area contributed by atoms with Crippen molar-refractivity contribution < 1.29 is 20.4 Å². The Bertz CT molecular complexity index is 175. The Morgan fingerprint density at radius 1 is 1.27 bits per heavy atom. The van der Waals surface area contributed by atoms with Gasteiger partial charge in [-0.25, -0.2) is 0 Å². The normalized spacial score (nSPS) is 51.2. The quantitative estimate of drug-likeness (QED) is 0.321. The Balaban J connectivity index is 2.85. The van der Waals surface area contributed by atoms with Crippen LogP contribution in [0, 0.1) is 0 Å². The Morgan fingerprint density at radius 2 is 1.82 bits per heavy atom. The van der Waals surface area contributed by atoms with E-state index in [-0.39, 0.29) is 0 Å². The molecule has 11 heavy (non-hydrogen) atoms. The lowest BCUT2D eigenvalue weighted by Gasteiger charge is -2.35. The Morgan fingerprint density at radius 3 is 2.27 bits per heavy atom. The molecule has 0 aliphatic heterocycles. The van der Waals surface area contributed by atoms with Crippen molar-refractivity contribution in [2.45, 2.75) is 30.8 Å². The predicted octanol–water partition coefficient (Wildman–Crippen LogP) is -1.61. The number of hydrogen-bond donors (Lipinski definition) is 4. The minimum atomic E-state index is -1.45. The molecule has 64 valence electrons. The molecule has 1 aliphatic rings. The summed E-state index contributed by atoms with van der Waals surface area (Å²) in [6.45, 7) is 1.36. The van der Waals surface area contributed by atoms with Gasteiger partial charge in [0.25, 0.3) is 0 Å². The molecule has 4 N–H and O–H groups in total. The summed E-state index contributed by atoms with van der Waals surface area (Å²) in [6, 6.07) is 0. The monoisotopic (exact) mass is 160 g/mol. The Labute approximate surface area is 64.4 Å². The van der Waals surface area contributed by atoms with Gasteiger partial charge in [0.1, 0.15) is 23.9 Å². The van der Waals surface area contributed by atoms with E-state index in [2.05, 4.69) is 0 Å². The van der Waals surface area contributed by atoms with Crippen molar-refractivity contribution in [3.8, 4) is 0 Å². The zero-order valence-electron chi connectivity index (χ0n) is 6.18. The van der Waals surface area contributed by atoms with Crippen LogP contribution >= 0.6 is 0 Å². The topological polar surface area (TPSA) is 80.9 Å². The third-order valence-corrected chi connectivity index (χ3v) is 1.90. The summed E-state index contributed by atoms with van der Waals surface area (Å²) in [5, 5.41) is 36.5. The first-order chi connectivity index (χ1) is 4.95. The first-order valence-electron chi connectivity index (χ1n) is 3.41. The van der Waals surface area contributed by atoms with Crippen LogP contribution in [0.3, 0.4) is 0 Å². The SMILES string of the molecule is C[C@]1(O)C=C[C@@H](O)[C@H](O)[C@@H]1O. The number of hydrogen-bond acceptors (Lipinski definition) is 4. The maximum Gasteiger partial charge on any atom is 0.115 e. The summed E-state index contributed by atoms with van der Waals surface area (Å²) < 4.78 is 0. The zero-order valence-corrected chi connectivity index (χ0v) is 6.18. The van der Waals surface area contributed by atoms with Gasteiger partial charge in [-0.2, -0.15) is 0 Å². The van der Waals surface area contributed by atoms with Crippen LogP contribution in [0.1, 0.15) is 6.92 Å². The number of aliphatic hydroxyl groups excluding tert-OH is 3. The lowest BCUT2D eigenvalue weighted by molar-refractivity contribution is -0.126. The molecule has 1 rings (SSSR count). The fraction of sp³-hybridized carbons (Fsp3) is 0.714. The largest absolute Gasteiger partial charge is 0.387 e. The molecular formula is C7H12O4. The van der Waals surface area contributed by atoms with Gasteiger partial charge in [0.2, 0.25) is 0 Å². The first-order valence-corrected chi connectivity index (χ1v) is 3.41. The lowest BCUT2D eigenvalue weighted by atomic mass is 9.86. The second-order valence-electron chi connectivity index (χ2n) is 3.01. The second kappa shape index (κ2) is 2.57. The smallest absolute Gasteiger partial charge is 0.115 e. The molecule has 0 spiro atoms. The predicted molar refractivity (Wildman–Crippen MR) is 37.8 cm³/mol. The average molecular weight is 160 g/mol. The van der Waals surface area contributed by atoms with Gasteiger partial charge in [0.05, 0.1) is 0 Å². The zero-order chi connectivity index (χ0) is 8.65. The fourth-order valence-corrected chi connectivity index (χ4v) is 1.04. The molecule has 1 aliphatic carbocycles. The van der Waals surface area contributed by atoms with E-state index >= 15 is 0 Å². The summed E-state index contributed by atoms with van der Waals surface area (Å²) >= 11 is 0. The van der Waals surface area contributed by atoms with E-state index in [4.69, 9.17) is 15.3 Å². The van der Waals surface area contributed by atoms with E-state index in [1.807, 2.05) is 0 Å². The number of rotatable bonds is 0. The van der Waals surface area contributed by atoms with E-state index in [1.54, 1.807) is 0 Å². The molecule has 0 saturated heterocycles. The lowest BCUT2D eigenvalue weighted by Crippen LogP contribution is -2.52. The van der Waals surface area contributed by atoms with Crippen LogP contribution in [0.25, 0.3) is 0 Å². The Kier molecular flexibility index (Phi) is 2.02. The standard InChI is InChI=1S/C7H12O4/c1-7(11)3-2-4(8)5(9)6(7)10/h2-6,8-11H,1H3/t4-,5+,6+,7+/m1/s1. The van der Waals surface area contributed by atoms with E-state index in [0.717, 1.165) is 0 Å². The van der Waals surface area contributed by atoms with Crippen LogP contribution in [-0.4, -0.2) is 44.3 Å². The highest BCUT2D eigenvalue weighted by atomic mass is 16.4. The second-order valence-corrected chi connectivity index (χ2v) is 3.01. The van der Waals surface area contributed by atoms with Crippen molar-refractivity contribution in [3.63, 3.8) is 0 Å². The van der Waals surface area contributed by atoms with Crippen molar-refractivity contribution in [2.75, 3.05) is 0 Å². The molecule has 0 aromatic rings. The molecule has 0 amide bonds. The van der Waals surface area contributed by atoms with Crippen LogP contribution < -0.4 is 0 Å². The Hall–Kier alpha value is -0.420. The van der Waals surface area contributed by atoms with Gasteiger partial charge in [0.15, 0.2) is 0 Å². The summed E-state index contributed by atoms with van der Waals surface area (Å²) in [7, 11) is 0. The van der Waals surface area contributed by atoms with Crippen molar-refractivity contribution in [2.24, 2.45) is 0 Å². The van der Waals surface area contributed by atoms with Crippen molar-refractivity contribution >= 4 is 0 Å². The third-order valence-electron chi connectivity index (χ3n) is 1.90. The summed E-state index contributed by atoms with van der Waals surface area (Å²) in [6.07, 6.45) is -1.20. The van der Waals surface area contributed by atoms with Crippen LogP contribution in [0.5, 0.6) is 0 Å². The van der Waals surface area contributed by atoms with Crippen LogP contribution in [-0.2, 0) is 0 Å². The minimum Gasteiger partial charge on any atom is -0.387 e. The molecule has 4 nitrogen and oxygen atoms in total. The molecular weight excluding hydrogens is 148 g/mol. The maximum absolute atomic E-state index is 9.32. The summed E-state index contributed by atoms with van der Waals surface area (Å²) in [5.74, 6) is 0. The van der Waals surface area contributed by atoms with Gasteiger partial charge >= 0.3 is 0 Å². The van der Waals surface area contributed by atoms with Gasteiger partial charge in [-0.1, -0.05) is 12.2 Å². The van der Waals surface area contributed by atoms with Crippen LogP contribution in [0.2, 0.25) is 0 Å². The summed E-state index contributed by atoms with van der Waals surface area (Å²) in [4.78, 5) is 0. The highest BCUT2D eigenvalue weighted by Crippen LogP contribution is 2.22. The van der Waals surface area contributed by atoms with Crippen LogP contribution in [0.15, 0.2) is 12.2 Å². The van der Waals surface area contributed by atoms with E-state index in [9.17, 15) is 5.11 Å². The molecule has 0 aromatic carbocycles. The molecule has 0 saturated carbocycles. The maximum atomic E-state index is 9.32. The van der Waals surface area contributed by atoms with Crippen molar-refractivity contribution in [1.29, 1.82) is 0 Å². The van der Waals surface area contributed by atoms with Gasteiger partial charge in [-0.15, -0.1) is 0 Å². The molecule has 0 radical (unpaired) electrons. The summed E-state index contributed by atoms with van der Waals surface area (Å²) in [5.41, 5.74) is -1.45. The van der Waals surface area contributed by atoms with Gasteiger partial charge < -0.3 is 20.4 Å². The highest BCUT2D eigenvalue weighted by Gasteiger charge is 2.39. The van der Waals surface area contributed by atoms with E-state index < -0.39 is 23.9 Å². The molecule has 4 atom stereocenters. The first kappa shape index (κ1) is 8.67. The molecule has 0 aromatic heterocycles. The molecule has 4 heteroatoms. The fourth-order valence-electron chi connectivity index (χ4n) is 1.04. The minimum absolute atomic E-state index is 1.09. The molecule has 0 unspecified atom stereocenters. The van der Waals surface area contributed by atoms with Crippen LogP contribution in [0.4, 0.5) is 0 Å². The third kappa shape index (κ3) is 1.44. The van der Waals surface area contributed by atoms with Gasteiger partial charge in [-0.05, 0) is 6.92 Å². The van der Waals surface area contributed by atoms with Crippen molar-refractivity contribution in [3.05, 3.63) is 12.2 Å². The highest BCUT2D eigenvalue weighted by molar-refractivity contribution is 5.14. The van der Waals surface area contributed by atoms with Crippen molar-refractivity contribution in [1.82, 2.24) is 0 Å². The molecule has 0 bridgehead atoms. The van der Waals surface area contributed by atoms with E-state index in [1.165, 1.54) is 19.1 Å². The van der Waals surface area contributed by atoms with Gasteiger partial charge in [-0.3, -0.25) is 0 Å². The molecule has 0 fully saturated rings. The van der Waals surface area contributed by atoms with Gasteiger partial charge in [0, 0.05) is 0 Å². The number of aliphatic hydroxyl groups is 4. The van der Waals surface area contributed by atoms with E-state index in [0.29, 0.717) is 0 Å².